The van der Waals surface area contributed by atoms with Crippen molar-refractivity contribution in [1.82, 2.24) is 10.3 Å². The zero-order valence-electron chi connectivity index (χ0n) is 12.5. The van der Waals surface area contributed by atoms with Crippen molar-refractivity contribution in [3.05, 3.63) is 57.4 Å². The van der Waals surface area contributed by atoms with Gasteiger partial charge in [0, 0.05) is 22.6 Å². The monoisotopic (exact) mass is 310 g/mol. The summed E-state index contributed by atoms with van der Waals surface area (Å²) in [6, 6.07) is 10.6. The largest absolute Gasteiger partial charge is 0.358 e. The summed E-state index contributed by atoms with van der Waals surface area (Å²) < 4.78 is 0. The molecule has 3 nitrogen and oxygen atoms in total. The minimum Gasteiger partial charge on any atom is -0.358 e. The summed E-state index contributed by atoms with van der Waals surface area (Å²) in [5.74, 6) is 0.0551. The normalized spacial score (nSPS) is 17.4. The molecule has 0 bridgehead atoms. The highest BCUT2D eigenvalue weighted by Crippen LogP contribution is 2.30. The van der Waals surface area contributed by atoms with Crippen molar-refractivity contribution >= 4 is 28.1 Å². The van der Waals surface area contributed by atoms with E-state index in [0.717, 1.165) is 24.1 Å². The van der Waals surface area contributed by atoms with Crippen LogP contribution in [-0.4, -0.2) is 16.9 Å². The maximum atomic E-state index is 12.2. The molecule has 1 amide bonds. The molecule has 2 aromatic heterocycles. The predicted molar refractivity (Wildman–Crippen MR) is 90.6 cm³/mol. The third-order valence-electron chi connectivity index (χ3n) is 4.42. The van der Waals surface area contributed by atoms with Gasteiger partial charge in [0.05, 0.1) is 4.88 Å². The van der Waals surface area contributed by atoms with Gasteiger partial charge in [-0.1, -0.05) is 17.7 Å². The number of thiophene rings is 1. The van der Waals surface area contributed by atoms with Crippen LogP contribution in [0.4, 0.5) is 0 Å². The van der Waals surface area contributed by atoms with Gasteiger partial charge in [-0.3, -0.25) is 4.79 Å². The number of H-pyrrole nitrogens is 1. The SMILES string of the molecule is Cc1ccc2[nH]c3c(c2c1)CC(NC(=O)c1cccs1)CC3. The fraction of sp³-hybridized carbons (Fsp3) is 0.278. The molecule has 1 atom stereocenters. The number of hydrogen-bond donors (Lipinski definition) is 2. The van der Waals surface area contributed by atoms with Crippen LogP contribution in [0.2, 0.25) is 0 Å². The van der Waals surface area contributed by atoms with Gasteiger partial charge in [-0.25, -0.2) is 0 Å². The topological polar surface area (TPSA) is 44.9 Å². The molecule has 112 valence electrons. The van der Waals surface area contributed by atoms with Crippen molar-refractivity contribution in [1.29, 1.82) is 0 Å². The summed E-state index contributed by atoms with van der Waals surface area (Å²) in [5.41, 5.74) is 5.20. The smallest absolute Gasteiger partial charge is 0.261 e. The molecule has 2 heterocycles. The second-order valence-corrected chi connectivity index (χ2v) is 6.97. The van der Waals surface area contributed by atoms with Gasteiger partial charge in [-0.05, 0) is 55.3 Å². The van der Waals surface area contributed by atoms with Crippen LogP contribution in [0.1, 0.15) is 32.9 Å². The summed E-state index contributed by atoms with van der Waals surface area (Å²) in [6.07, 6.45) is 2.91. The van der Waals surface area contributed by atoms with E-state index in [1.54, 1.807) is 0 Å². The van der Waals surface area contributed by atoms with Gasteiger partial charge in [0.15, 0.2) is 0 Å². The molecule has 1 aliphatic carbocycles. The molecule has 0 fully saturated rings. The minimum atomic E-state index is 0.0551. The number of hydrogen-bond acceptors (Lipinski definition) is 2. The first kappa shape index (κ1) is 13.6. The highest BCUT2D eigenvalue weighted by Gasteiger charge is 2.24. The Hall–Kier alpha value is -2.07. The molecular weight excluding hydrogens is 292 g/mol. The van der Waals surface area contributed by atoms with Crippen LogP contribution in [0.25, 0.3) is 10.9 Å². The number of benzene rings is 1. The highest BCUT2D eigenvalue weighted by molar-refractivity contribution is 7.12. The standard InChI is InChI=1S/C18H18N2OS/c1-11-4-6-15-13(9-11)14-10-12(5-7-16(14)20-15)19-18(21)17-3-2-8-22-17/h2-4,6,8-9,12,20H,5,7,10H2,1H3,(H,19,21). The van der Waals surface area contributed by atoms with Crippen LogP contribution in [0, 0.1) is 6.92 Å². The van der Waals surface area contributed by atoms with Gasteiger partial charge < -0.3 is 10.3 Å². The number of aromatic amines is 1. The molecule has 1 aromatic carbocycles. The lowest BCUT2D eigenvalue weighted by Crippen LogP contribution is -2.38. The molecule has 3 aromatic rings. The van der Waals surface area contributed by atoms with Gasteiger partial charge in [0.25, 0.3) is 5.91 Å². The lowest BCUT2D eigenvalue weighted by atomic mass is 9.91. The second-order valence-electron chi connectivity index (χ2n) is 6.02. The van der Waals surface area contributed by atoms with Crippen molar-refractivity contribution < 1.29 is 4.79 Å². The summed E-state index contributed by atoms with van der Waals surface area (Å²) in [4.78, 5) is 16.6. The van der Waals surface area contributed by atoms with Gasteiger partial charge in [-0.15, -0.1) is 11.3 Å². The fourth-order valence-corrected chi connectivity index (χ4v) is 3.95. The summed E-state index contributed by atoms with van der Waals surface area (Å²) in [7, 11) is 0. The van der Waals surface area contributed by atoms with E-state index in [2.05, 4.69) is 35.4 Å². The zero-order valence-corrected chi connectivity index (χ0v) is 13.3. The van der Waals surface area contributed by atoms with Crippen molar-refractivity contribution in [2.45, 2.75) is 32.2 Å². The molecule has 22 heavy (non-hydrogen) atoms. The number of nitrogens with one attached hydrogen (secondary N) is 2. The Morgan fingerprint density at radius 3 is 3.09 bits per heavy atom. The Morgan fingerprint density at radius 2 is 2.27 bits per heavy atom. The van der Waals surface area contributed by atoms with E-state index >= 15 is 0 Å². The van der Waals surface area contributed by atoms with Crippen LogP contribution in [0.3, 0.4) is 0 Å². The molecular formula is C18H18N2OS. The first-order valence-corrected chi connectivity index (χ1v) is 8.53. The van der Waals surface area contributed by atoms with E-state index in [1.165, 1.54) is 39.1 Å². The summed E-state index contributed by atoms with van der Waals surface area (Å²) in [6.45, 7) is 2.12. The number of carbonyl (C=O) groups excluding carboxylic acids is 1. The number of amides is 1. The van der Waals surface area contributed by atoms with Crippen molar-refractivity contribution in [2.24, 2.45) is 0 Å². The molecule has 0 aliphatic heterocycles. The fourth-order valence-electron chi connectivity index (χ4n) is 3.32. The van der Waals surface area contributed by atoms with Gasteiger partial charge in [0.1, 0.15) is 0 Å². The average Bonchev–Trinajstić information content (AvgIpc) is 3.14. The van der Waals surface area contributed by atoms with E-state index in [1.807, 2.05) is 17.5 Å². The first-order chi connectivity index (χ1) is 10.7. The number of aryl methyl sites for hydroxylation is 2. The lowest BCUT2D eigenvalue weighted by molar-refractivity contribution is 0.0938. The van der Waals surface area contributed by atoms with Crippen molar-refractivity contribution in [3.63, 3.8) is 0 Å². The molecule has 4 heteroatoms. The quantitative estimate of drug-likeness (QED) is 0.742. The molecule has 2 N–H and O–H groups in total. The Balaban J connectivity index is 1.59. The number of rotatable bonds is 2. The van der Waals surface area contributed by atoms with E-state index in [-0.39, 0.29) is 11.9 Å². The van der Waals surface area contributed by atoms with E-state index in [0.29, 0.717) is 0 Å². The van der Waals surface area contributed by atoms with Crippen LogP contribution >= 0.6 is 11.3 Å². The lowest BCUT2D eigenvalue weighted by Gasteiger charge is -2.23. The zero-order chi connectivity index (χ0) is 15.1. The van der Waals surface area contributed by atoms with Gasteiger partial charge >= 0.3 is 0 Å². The van der Waals surface area contributed by atoms with Crippen LogP contribution in [0.5, 0.6) is 0 Å². The predicted octanol–water partition coefficient (Wildman–Crippen LogP) is 3.83. The first-order valence-electron chi connectivity index (χ1n) is 7.65. The van der Waals surface area contributed by atoms with Gasteiger partial charge in [-0.2, -0.15) is 0 Å². The van der Waals surface area contributed by atoms with E-state index in [4.69, 9.17) is 0 Å². The number of fused-ring (bicyclic) bond motifs is 3. The van der Waals surface area contributed by atoms with Gasteiger partial charge in [0.2, 0.25) is 0 Å². The molecule has 0 saturated carbocycles. The second kappa shape index (κ2) is 5.29. The molecule has 4 rings (SSSR count). The maximum Gasteiger partial charge on any atom is 0.261 e. The Labute approximate surface area is 133 Å². The molecule has 0 radical (unpaired) electrons. The number of aromatic nitrogens is 1. The maximum absolute atomic E-state index is 12.2. The highest BCUT2D eigenvalue weighted by atomic mass is 32.1. The van der Waals surface area contributed by atoms with Crippen LogP contribution in [0.15, 0.2) is 35.7 Å². The Kier molecular flexibility index (Phi) is 3.26. The van der Waals surface area contributed by atoms with E-state index in [9.17, 15) is 4.79 Å². The van der Waals surface area contributed by atoms with Crippen molar-refractivity contribution in [2.75, 3.05) is 0 Å². The molecule has 0 saturated heterocycles. The molecule has 0 spiro atoms. The van der Waals surface area contributed by atoms with Crippen LogP contribution < -0.4 is 5.32 Å². The molecule has 1 aliphatic rings. The summed E-state index contributed by atoms with van der Waals surface area (Å²) in [5, 5.41) is 6.44. The van der Waals surface area contributed by atoms with Crippen LogP contribution in [-0.2, 0) is 12.8 Å². The Morgan fingerprint density at radius 1 is 1.36 bits per heavy atom. The third-order valence-corrected chi connectivity index (χ3v) is 5.29. The van der Waals surface area contributed by atoms with E-state index < -0.39 is 0 Å². The third kappa shape index (κ3) is 2.33. The molecule has 1 unspecified atom stereocenters. The average molecular weight is 310 g/mol. The Bertz CT molecular complexity index is 832. The number of carbonyl (C=O) groups is 1. The van der Waals surface area contributed by atoms with Crippen molar-refractivity contribution in [3.8, 4) is 0 Å². The minimum absolute atomic E-state index is 0.0551. The summed E-state index contributed by atoms with van der Waals surface area (Å²) >= 11 is 1.49.